The number of halogens is 7. The summed E-state index contributed by atoms with van der Waals surface area (Å²) in [4.78, 5) is 25.7. The van der Waals surface area contributed by atoms with E-state index in [1.165, 1.54) is 25.1 Å². The van der Waals surface area contributed by atoms with E-state index in [4.69, 9.17) is 46.3 Å². The molecule has 1 fully saturated rings. The molecule has 1 aliphatic rings. The minimum absolute atomic E-state index is 0.00594. The molecule has 12 heteroatoms. The van der Waals surface area contributed by atoms with Crippen molar-refractivity contribution in [3.8, 4) is 0 Å². The minimum atomic E-state index is -1.87. The fourth-order valence-electron chi connectivity index (χ4n) is 4.38. The molecule has 1 aliphatic carbocycles. The SMILES string of the molecule is Cc1cc(C2(C(N)=O)C(c3ccc(F)c(Cl)c3)C2(Cl)Cl)cc(C(=O)Nc2ccc(F)c(N)c2F)c1F. The van der Waals surface area contributed by atoms with Crippen molar-refractivity contribution in [2.45, 2.75) is 22.6 Å². The quantitative estimate of drug-likeness (QED) is 0.211. The predicted molar refractivity (Wildman–Crippen MR) is 129 cm³/mol. The number of alkyl halides is 2. The smallest absolute Gasteiger partial charge is 0.258 e. The lowest BCUT2D eigenvalue weighted by Crippen LogP contribution is -2.34. The molecule has 2 atom stereocenters. The molecule has 2 unspecified atom stereocenters. The van der Waals surface area contributed by atoms with E-state index in [1.807, 2.05) is 0 Å². The van der Waals surface area contributed by atoms with Crippen LogP contribution in [0.1, 0.15) is 33.0 Å². The first-order valence-electron chi connectivity index (χ1n) is 10.2. The molecule has 2 amide bonds. The van der Waals surface area contributed by atoms with Gasteiger partial charge in [-0.05, 0) is 53.9 Å². The molecule has 4 rings (SSSR count). The van der Waals surface area contributed by atoms with Gasteiger partial charge < -0.3 is 16.8 Å². The number of carbonyl (C=O) groups excluding carboxylic acids is 2. The van der Waals surface area contributed by atoms with Gasteiger partial charge in [-0.1, -0.05) is 46.9 Å². The molecule has 0 radical (unpaired) electrons. The van der Waals surface area contributed by atoms with Gasteiger partial charge in [-0.3, -0.25) is 9.59 Å². The zero-order chi connectivity index (χ0) is 26.7. The molecule has 3 aromatic carbocycles. The molecule has 0 aliphatic heterocycles. The molecule has 5 nitrogen and oxygen atoms in total. The molecule has 0 bridgehead atoms. The average Bonchev–Trinajstić information content (AvgIpc) is 3.34. The highest BCUT2D eigenvalue weighted by Gasteiger charge is 2.81. The minimum Gasteiger partial charge on any atom is -0.394 e. The molecule has 0 heterocycles. The second-order valence-corrected chi connectivity index (χ2v) is 10.1. The Balaban J connectivity index is 1.82. The zero-order valence-corrected chi connectivity index (χ0v) is 20.5. The van der Waals surface area contributed by atoms with Crippen LogP contribution in [0, 0.1) is 30.2 Å². The number of nitrogens with one attached hydrogen (secondary N) is 1. The van der Waals surface area contributed by atoms with Crippen molar-refractivity contribution in [1.29, 1.82) is 0 Å². The maximum atomic E-state index is 15.0. The maximum absolute atomic E-state index is 15.0. The summed E-state index contributed by atoms with van der Waals surface area (Å²) >= 11 is 18.9. The van der Waals surface area contributed by atoms with E-state index < -0.39 is 67.7 Å². The summed E-state index contributed by atoms with van der Waals surface area (Å²) in [5, 5.41) is 1.87. The van der Waals surface area contributed by atoms with Gasteiger partial charge in [0.1, 0.15) is 32.9 Å². The number of benzene rings is 3. The second kappa shape index (κ2) is 8.83. The molecule has 3 aromatic rings. The van der Waals surface area contributed by atoms with Crippen molar-refractivity contribution in [2.75, 3.05) is 11.1 Å². The van der Waals surface area contributed by atoms with E-state index in [1.54, 1.807) is 0 Å². The number of hydrogen-bond donors (Lipinski definition) is 3. The molecule has 0 spiro atoms. The summed E-state index contributed by atoms with van der Waals surface area (Å²) < 4.78 is 54.6. The predicted octanol–water partition coefficient (Wildman–Crippen LogP) is 5.73. The first-order chi connectivity index (χ1) is 16.7. The van der Waals surface area contributed by atoms with E-state index in [-0.39, 0.29) is 21.7 Å². The second-order valence-electron chi connectivity index (χ2n) is 8.33. The average molecular weight is 561 g/mol. The van der Waals surface area contributed by atoms with Gasteiger partial charge in [-0.2, -0.15) is 0 Å². The highest BCUT2D eigenvalue weighted by Crippen LogP contribution is 2.74. The van der Waals surface area contributed by atoms with Crippen LogP contribution in [-0.4, -0.2) is 16.1 Å². The molecule has 1 saturated carbocycles. The molecule has 5 N–H and O–H groups in total. The third kappa shape index (κ3) is 3.77. The van der Waals surface area contributed by atoms with E-state index in [0.29, 0.717) is 0 Å². The molecular formula is C24H16Cl3F4N3O2. The van der Waals surface area contributed by atoms with Crippen molar-refractivity contribution < 1.29 is 27.2 Å². The zero-order valence-electron chi connectivity index (χ0n) is 18.2. The summed E-state index contributed by atoms with van der Waals surface area (Å²) in [5.41, 5.74) is 7.43. The van der Waals surface area contributed by atoms with Crippen LogP contribution in [0.3, 0.4) is 0 Å². The number of carbonyl (C=O) groups is 2. The Hall–Kier alpha value is -3.01. The lowest BCUT2D eigenvalue weighted by molar-refractivity contribution is -0.120. The van der Waals surface area contributed by atoms with Gasteiger partial charge in [0.2, 0.25) is 5.91 Å². The fourth-order valence-corrected chi connectivity index (χ4v) is 5.66. The van der Waals surface area contributed by atoms with Gasteiger partial charge >= 0.3 is 0 Å². The van der Waals surface area contributed by atoms with Gasteiger partial charge in [0.15, 0.2) is 5.82 Å². The highest BCUT2D eigenvalue weighted by atomic mass is 35.5. The summed E-state index contributed by atoms with van der Waals surface area (Å²) in [5.74, 6) is -7.14. The highest BCUT2D eigenvalue weighted by molar-refractivity contribution is 6.55. The monoisotopic (exact) mass is 559 g/mol. The Morgan fingerprint density at radius 3 is 2.22 bits per heavy atom. The van der Waals surface area contributed by atoms with Crippen molar-refractivity contribution in [3.05, 3.63) is 93.0 Å². The first-order valence-corrected chi connectivity index (χ1v) is 11.4. The molecule has 188 valence electrons. The number of nitrogen functional groups attached to an aromatic ring is 1. The number of nitrogens with two attached hydrogens (primary N) is 2. The van der Waals surface area contributed by atoms with Gasteiger partial charge in [0.25, 0.3) is 5.91 Å². The normalized spacial score (nSPS) is 20.2. The number of rotatable bonds is 5. The van der Waals surface area contributed by atoms with Crippen molar-refractivity contribution in [3.63, 3.8) is 0 Å². The van der Waals surface area contributed by atoms with Crippen LogP contribution in [0.25, 0.3) is 0 Å². The summed E-state index contributed by atoms with van der Waals surface area (Å²) in [6.45, 7) is 1.32. The van der Waals surface area contributed by atoms with E-state index in [2.05, 4.69) is 5.32 Å². The number of primary amides is 1. The van der Waals surface area contributed by atoms with Crippen molar-refractivity contribution >= 4 is 58.0 Å². The van der Waals surface area contributed by atoms with E-state index in [9.17, 15) is 22.8 Å². The number of aryl methyl sites for hydroxylation is 1. The Bertz CT molecular complexity index is 1450. The van der Waals surface area contributed by atoms with E-state index in [0.717, 1.165) is 24.3 Å². The van der Waals surface area contributed by atoms with Crippen molar-refractivity contribution in [2.24, 2.45) is 5.73 Å². The van der Waals surface area contributed by atoms with Crippen LogP contribution < -0.4 is 16.8 Å². The third-order valence-corrected chi connectivity index (χ3v) is 7.56. The van der Waals surface area contributed by atoms with Crippen LogP contribution in [0.4, 0.5) is 28.9 Å². The lowest BCUT2D eigenvalue weighted by atomic mass is 9.87. The van der Waals surface area contributed by atoms with Crippen LogP contribution in [0.15, 0.2) is 42.5 Å². The van der Waals surface area contributed by atoms with Crippen LogP contribution >= 0.6 is 34.8 Å². The molecular weight excluding hydrogens is 545 g/mol. The van der Waals surface area contributed by atoms with Crippen LogP contribution in [-0.2, 0) is 10.2 Å². The van der Waals surface area contributed by atoms with Crippen LogP contribution in [0.5, 0.6) is 0 Å². The summed E-state index contributed by atoms with van der Waals surface area (Å²) in [7, 11) is 0. The van der Waals surface area contributed by atoms with E-state index >= 15 is 4.39 Å². The number of hydrogen-bond acceptors (Lipinski definition) is 3. The van der Waals surface area contributed by atoms with Gasteiger partial charge in [0.05, 0.1) is 16.3 Å². The standard InChI is InChI=1S/C24H16Cl3F4N3O2/c1-9-6-11(8-12(17(9)30)21(35)34-16-5-4-15(29)19(32)18(16)31)23(22(33)36)20(24(23,26)27)10-2-3-14(28)13(25)7-10/h2-8,20H,32H2,1H3,(H2,33,36)(H,34,35). The lowest BCUT2D eigenvalue weighted by Gasteiger charge is -2.18. The molecule has 0 saturated heterocycles. The van der Waals surface area contributed by atoms with Gasteiger partial charge in [0, 0.05) is 5.92 Å². The number of amides is 2. The summed E-state index contributed by atoms with van der Waals surface area (Å²) in [6, 6.07) is 7.61. The van der Waals surface area contributed by atoms with Gasteiger partial charge in [-0.15, -0.1) is 0 Å². The Labute approximate surface area is 217 Å². The van der Waals surface area contributed by atoms with Crippen LogP contribution in [0.2, 0.25) is 5.02 Å². The fraction of sp³-hybridized carbons (Fsp3) is 0.167. The maximum Gasteiger partial charge on any atom is 0.258 e. The third-order valence-electron chi connectivity index (χ3n) is 6.23. The van der Waals surface area contributed by atoms with Crippen molar-refractivity contribution in [1.82, 2.24) is 0 Å². The molecule has 0 aromatic heterocycles. The first kappa shape index (κ1) is 26.1. The largest absolute Gasteiger partial charge is 0.394 e. The Morgan fingerprint density at radius 1 is 0.972 bits per heavy atom. The molecule has 36 heavy (non-hydrogen) atoms. The van der Waals surface area contributed by atoms with Gasteiger partial charge in [-0.25, -0.2) is 17.6 Å². The Morgan fingerprint density at radius 2 is 1.61 bits per heavy atom. The topological polar surface area (TPSA) is 98.2 Å². The Kier molecular flexibility index (Phi) is 6.39. The summed E-state index contributed by atoms with van der Waals surface area (Å²) in [6.07, 6.45) is 0. The number of anilines is 2.